The summed E-state index contributed by atoms with van der Waals surface area (Å²) < 4.78 is 25.7. The van der Waals surface area contributed by atoms with Crippen LogP contribution in [0.1, 0.15) is 20.3 Å². The second-order valence-electron chi connectivity index (χ2n) is 4.38. The van der Waals surface area contributed by atoms with Gasteiger partial charge in [0.05, 0.1) is 5.75 Å². The van der Waals surface area contributed by atoms with Gasteiger partial charge in [-0.15, -0.1) is 0 Å². The van der Waals surface area contributed by atoms with Crippen molar-refractivity contribution in [3.8, 4) is 0 Å². The van der Waals surface area contributed by atoms with Crippen LogP contribution in [0.15, 0.2) is 0 Å². The largest absolute Gasteiger partial charge is 0.316 e. The molecule has 0 radical (unpaired) electrons. The minimum absolute atomic E-state index is 0.271. The minimum atomic E-state index is -3.05. The van der Waals surface area contributed by atoms with Crippen molar-refractivity contribution >= 4 is 10.0 Å². The maximum atomic E-state index is 11.6. The Labute approximate surface area is 86.5 Å². The molecule has 0 aromatic carbocycles. The van der Waals surface area contributed by atoms with E-state index in [9.17, 15) is 8.42 Å². The van der Waals surface area contributed by atoms with Crippen molar-refractivity contribution in [1.29, 1.82) is 0 Å². The Kier molecular flexibility index (Phi) is 4.34. The number of rotatable bonds is 5. The van der Waals surface area contributed by atoms with Gasteiger partial charge in [-0.05, 0) is 31.3 Å². The fraction of sp³-hybridized carbons (Fsp3) is 1.00. The van der Waals surface area contributed by atoms with Crippen LogP contribution in [0.3, 0.4) is 0 Å². The molecule has 0 saturated carbocycles. The maximum absolute atomic E-state index is 11.6. The van der Waals surface area contributed by atoms with E-state index >= 15 is 0 Å². The molecule has 5 heteroatoms. The summed E-state index contributed by atoms with van der Waals surface area (Å²) in [6.45, 7) is 6.33. The van der Waals surface area contributed by atoms with Crippen LogP contribution in [0, 0.1) is 11.8 Å². The molecule has 0 spiro atoms. The second-order valence-corrected chi connectivity index (χ2v) is 6.23. The summed E-state index contributed by atoms with van der Waals surface area (Å²) in [5, 5.41) is 3.17. The Bertz CT molecular complexity index is 256. The van der Waals surface area contributed by atoms with Crippen molar-refractivity contribution in [2.45, 2.75) is 20.3 Å². The van der Waals surface area contributed by atoms with E-state index in [0.717, 1.165) is 19.5 Å². The van der Waals surface area contributed by atoms with Gasteiger partial charge in [-0.2, -0.15) is 0 Å². The van der Waals surface area contributed by atoms with Crippen LogP contribution in [0.5, 0.6) is 0 Å². The van der Waals surface area contributed by atoms with Gasteiger partial charge in [0.2, 0.25) is 10.0 Å². The van der Waals surface area contributed by atoms with E-state index in [1.807, 2.05) is 13.8 Å². The average molecular weight is 220 g/mol. The van der Waals surface area contributed by atoms with Crippen molar-refractivity contribution in [3.05, 3.63) is 0 Å². The van der Waals surface area contributed by atoms with Crippen LogP contribution in [-0.2, 0) is 10.0 Å². The lowest BCUT2D eigenvalue weighted by atomic mass is 10.2. The predicted molar refractivity (Wildman–Crippen MR) is 57.6 cm³/mol. The third-order valence-corrected chi connectivity index (χ3v) is 3.85. The van der Waals surface area contributed by atoms with Gasteiger partial charge in [-0.25, -0.2) is 13.1 Å². The monoisotopic (exact) mass is 220 g/mol. The Morgan fingerprint density at radius 3 is 2.71 bits per heavy atom. The lowest BCUT2D eigenvalue weighted by Gasteiger charge is -2.11. The maximum Gasteiger partial charge on any atom is 0.211 e. The molecular weight excluding hydrogens is 200 g/mol. The summed E-state index contributed by atoms with van der Waals surface area (Å²) in [4.78, 5) is 0. The number of hydrogen-bond acceptors (Lipinski definition) is 3. The molecule has 1 aliphatic rings. The lowest BCUT2D eigenvalue weighted by molar-refractivity contribution is 0.542. The van der Waals surface area contributed by atoms with Crippen molar-refractivity contribution in [2.24, 2.45) is 11.8 Å². The first kappa shape index (κ1) is 11.9. The molecule has 14 heavy (non-hydrogen) atoms. The fourth-order valence-electron chi connectivity index (χ4n) is 1.52. The summed E-state index contributed by atoms with van der Waals surface area (Å²) in [6, 6.07) is 0. The van der Waals surface area contributed by atoms with Gasteiger partial charge in [0.25, 0.3) is 0 Å². The predicted octanol–water partition coefficient (Wildman–Crippen LogP) is 0.171. The summed E-state index contributed by atoms with van der Waals surface area (Å²) >= 11 is 0. The molecule has 1 atom stereocenters. The normalized spacial score (nSPS) is 23.2. The zero-order chi connectivity index (χ0) is 10.6. The highest BCUT2D eigenvalue weighted by molar-refractivity contribution is 7.89. The average Bonchev–Trinajstić information content (AvgIpc) is 2.53. The molecule has 0 aliphatic carbocycles. The Morgan fingerprint density at radius 1 is 1.50 bits per heavy atom. The SMILES string of the molecule is CC(C)CNS(=O)(=O)CC1CCNC1. The molecule has 1 heterocycles. The molecule has 1 fully saturated rings. The Balaban J connectivity index is 2.33. The number of nitrogens with one attached hydrogen (secondary N) is 2. The van der Waals surface area contributed by atoms with Gasteiger partial charge in [-0.3, -0.25) is 0 Å². The van der Waals surface area contributed by atoms with E-state index in [0.29, 0.717) is 18.4 Å². The van der Waals surface area contributed by atoms with Crippen LogP contribution in [0.4, 0.5) is 0 Å². The summed E-state index contributed by atoms with van der Waals surface area (Å²) in [5.41, 5.74) is 0. The quantitative estimate of drug-likeness (QED) is 0.694. The molecule has 4 nitrogen and oxygen atoms in total. The summed E-state index contributed by atoms with van der Waals surface area (Å²) in [6.07, 6.45) is 0.975. The van der Waals surface area contributed by atoms with Gasteiger partial charge in [0.15, 0.2) is 0 Å². The number of sulfonamides is 1. The first-order chi connectivity index (χ1) is 6.49. The van der Waals surface area contributed by atoms with Crippen LogP contribution < -0.4 is 10.0 Å². The molecule has 0 aromatic heterocycles. The lowest BCUT2D eigenvalue weighted by Crippen LogP contribution is -2.33. The number of hydrogen-bond donors (Lipinski definition) is 2. The zero-order valence-corrected chi connectivity index (χ0v) is 9.73. The van der Waals surface area contributed by atoms with E-state index in [-0.39, 0.29) is 5.75 Å². The Hall–Kier alpha value is -0.130. The highest BCUT2D eigenvalue weighted by Crippen LogP contribution is 2.09. The van der Waals surface area contributed by atoms with Gasteiger partial charge >= 0.3 is 0 Å². The van der Waals surface area contributed by atoms with Crippen molar-refractivity contribution < 1.29 is 8.42 Å². The highest BCUT2D eigenvalue weighted by Gasteiger charge is 2.21. The zero-order valence-electron chi connectivity index (χ0n) is 8.91. The van der Waals surface area contributed by atoms with E-state index < -0.39 is 10.0 Å². The topological polar surface area (TPSA) is 58.2 Å². The molecule has 0 amide bonds. The molecule has 1 unspecified atom stereocenters. The molecular formula is C9H20N2O2S. The smallest absolute Gasteiger partial charge is 0.211 e. The molecule has 1 saturated heterocycles. The minimum Gasteiger partial charge on any atom is -0.316 e. The molecule has 0 aromatic rings. The fourth-order valence-corrected chi connectivity index (χ4v) is 3.13. The van der Waals surface area contributed by atoms with Crippen LogP contribution in [-0.4, -0.2) is 33.8 Å². The van der Waals surface area contributed by atoms with Crippen LogP contribution >= 0.6 is 0 Å². The Morgan fingerprint density at radius 2 is 2.21 bits per heavy atom. The first-order valence-corrected chi connectivity index (χ1v) is 6.83. The highest BCUT2D eigenvalue weighted by atomic mass is 32.2. The van der Waals surface area contributed by atoms with Gasteiger partial charge < -0.3 is 5.32 Å². The van der Waals surface area contributed by atoms with Gasteiger partial charge in [0.1, 0.15) is 0 Å². The molecule has 84 valence electrons. The van der Waals surface area contributed by atoms with Gasteiger partial charge in [0, 0.05) is 6.54 Å². The van der Waals surface area contributed by atoms with Crippen molar-refractivity contribution in [2.75, 3.05) is 25.4 Å². The summed E-state index contributed by atoms with van der Waals surface area (Å²) in [5.74, 6) is 0.929. The van der Waals surface area contributed by atoms with E-state index in [1.54, 1.807) is 0 Å². The second kappa shape index (κ2) is 5.09. The van der Waals surface area contributed by atoms with E-state index in [2.05, 4.69) is 10.0 Å². The van der Waals surface area contributed by atoms with E-state index in [4.69, 9.17) is 0 Å². The first-order valence-electron chi connectivity index (χ1n) is 5.17. The summed E-state index contributed by atoms with van der Waals surface area (Å²) in [7, 11) is -3.05. The third-order valence-electron chi connectivity index (χ3n) is 2.33. The van der Waals surface area contributed by atoms with Crippen LogP contribution in [0.25, 0.3) is 0 Å². The third kappa shape index (κ3) is 4.39. The van der Waals surface area contributed by atoms with E-state index in [1.165, 1.54) is 0 Å². The van der Waals surface area contributed by atoms with Crippen molar-refractivity contribution in [3.63, 3.8) is 0 Å². The van der Waals surface area contributed by atoms with Crippen molar-refractivity contribution in [1.82, 2.24) is 10.0 Å². The molecule has 2 N–H and O–H groups in total. The molecule has 1 aliphatic heterocycles. The standard InChI is InChI=1S/C9H20N2O2S/c1-8(2)5-11-14(12,13)7-9-3-4-10-6-9/h8-11H,3-7H2,1-2H3. The van der Waals surface area contributed by atoms with Crippen LogP contribution in [0.2, 0.25) is 0 Å². The molecule has 1 rings (SSSR count). The molecule has 0 bridgehead atoms. The van der Waals surface area contributed by atoms with Gasteiger partial charge in [-0.1, -0.05) is 13.8 Å².